The topological polar surface area (TPSA) is 86.2 Å². The van der Waals surface area contributed by atoms with Crippen molar-refractivity contribution in [1.82, 2.24) is 14.5 Å². The number of ether oxygens (including phenoxy) is 1. The fourth-order valence-corrected chi connectivity index (χ4v) is 2.61. The van der Waals surface area contributed by atoms with Crippen LogP contribution in [0.25, 0.3) is 22.8 Å². The summed E-state index contributed by atoms with van der Waals surface area (Å²) in [5.41, 5.74) is 8.82. The predicted octanol–water partition coefficient (Wildman–Crippen LogP) is 2.51. The number of thiocarbonyl (C=S) groups is 1. The number of rotatable bonds is 4. The van der Waals surface area contributed by atoms with Crippen LogP contribution < -0.4 is 10.5 Å². The van der Waals surface area contributed by atoms with E-state index in [-0.39, 0.29) is 10.7 Å². The van der Waals surface area contributed by atoms with Crippen molar-refractivity contribution in [1.29, 1.82) is 0 Å². The van der Waals surface area contributed by atoms with E-state index in [9.17, 15) is 5.11 Å². The summed E-state index contributed by atoms with van der Waals surface area (Å²) in [5.74, 6) is 1.07. The number of nitrogens with zero attached hydrogens (tertiary/aromatic N) is 3. The van der Waals surface area contributed by atoms with Crippen molar-refractivity contribution in [3.05, 3.63) is 47.9 Å². The fourth-order valence-electron chi connectivity index (χ4n) is 2.46. The van der Waals surface area contributed by atoms with E-state index in [0.717, 1.165) is 11.1 Å². The molecule has 0 aliphatic carbocycles. The van der Waals surface area contributed by atoms with Crippen LogP contribution in [0.2, 0.25) is 0 Å². The molecule has 0 aliphatic rings. The smallest absolute Gasteiger partial charge is 0.178 e. The maximum Gasteiger partial charge on any atom is 0.178 e. The van der Waals surface area contributed by atoms with Gasteiger partial charge in [0.2, 0.25) is 0 Å². The molecule has 0 spiro atoms. The first kappa shape index (κ1) is 15.9. The van der Waals surface area contributed by atoms with Crippen molar-refractivity contribution in [2.45, 2.75) is 0 Å². The fraction of sp³-hybridized carbons (Fsp3) is 0.118. The van der Waals surface area contributed by atoms with Crippen molar-refractivity contribution in [3.8, 4) is 11.5 Å². The minimum atomic E-state index is 0.0680. The Bertz CT molecular complexity index is 962. The summed E-state index contributed by atoms with van der Waals surface area (Å²) < 4.78 is 7.02. The third-order valence-corrected chi connectivity index (χ3v) is 3.90. The molecule has 2 heterocycles. The van der Waals surface area contributed by atoms with E-state index in [1.807, 2.05) is 29.8 Å². The van der Waals surface area contributed by atoms with Crippen LogP contribution in [0, 0.1) is 0 Å². The molecule has 1 aromatic carbocycles. The first-order valence-electron chi connectivity index (χ1n) is 7.17. The maximum atomic E-state index is 9.71. The van der Waals surface area contributed by atoms with Gasteiger partial charge in [0.15, 0.2) is 17.1 Å². The van der Waals surface area contributed by atoms with Gasteiger partial charge in [-0.1, -0.05) is 18.3 Å². The molecule has 3 N–H and O–H groups in total. The highest BCUT2D eigenvalue weighted by Gasteiger charge is 2.15. The summed E-state index contributed by atoms with van der Waals surface area (Å²) in [5, 5.41) is 9.71. The molecule has 0 amide bonds. The van der Waals surface area contributed by atoms with Gasteiger partial charge in [0, 0.05) is 13.2 Å². The van der Waals surface area contributed by atoms with Crippen LogP contribution in [0.15, 0.2) is 36.5 Å². The highest BCUT2D eigenvalue weighted by Crippen LogP contribution is 2.29. The predicted molar refractivity (Wildman–Crippen MR) is 97.8 cm³/mol. The molecule has 2 aromatic heterocycles. The molecule has 0 fully saturated rings. The molecule has 0 saturated carbocycles. The lowest BCUT2D eigenvalue weighted by Gasteiger charge is -2.08. The monoisotopic (exact) mass is 340 g/mol. The quantitative estimate of drug-likeness (QED) is 0.561. The maximum absolute atomic E-state index is 9.71. The number of pyridine rings is 1. The zero-order chi connectivity index (χ0) is 17.3. The third kappa shape index (κ3) is 2.81. The summed E-state index contributed by atoms with van der Waals surface area (Å²) in [6, 6.07) is 8.78. The normalized spacial score (nSPS) is 11.7. The van der Waals surface area contributed by atoms with Gasteiger partial charge in [-0.15, -0.1) is 0 Å². The number of phenols is 1. The van der Waals surface area contributed by atoms with Gasteiger partial charge in [-0.25, -0.2) is 9.97 Å². The molecule has 0 atom stereocenters. The van der Waals surface area contributed by atoms with Gasteiger partial charge in [0.05, 0.1) is 18.2 Å². The van der Waals surface area contributed by atoms with E-state index in [1.54, 1.807) is 24.4 Å². The molecule has 3 aromatic rings. The molecule has 0 unspecified atom stereocenters. The molecule has 7 heteroatoms. The molecule has 0 radical (unpaired) electrons. The molecule has 0 aliphatic heterocycles. The van der Waals surface area contributed by atoms with Gasteiger partial charge in [-0.3, -0.25) is 0 Å². The Morgan fingerprint density at radius 1 is 1.38 bits per heavy atom. The van der Waals surface area contributed by atoms with Gasteiger partial charge >= 0.3 is 0 Å². The first-order chi connectivity index (χ1) is 11.5. The third-order valence-electron chi connectivity index (χ3n) is 3.68. The summed E-state index contributed by atoms with van der Waals surface area (Å²) in [6.07, 6.45) is 3.50. The zero-order valence-corrected chi connectivity index (χ0v) is 14.0. The van der Waals surface area contributed by atoms with Gasteiger partial charge < -0.3 is 20.1 Å². The van der Waals surface area contributed by atoms with Crippen molar-refractivity contribution in [3.63, 3.8) is 0 Å². The number of hydrogen-bond donors (Lipinski definition) is 2. The summed E-state index contributed by atoms with van der Waals surface area (Å²) in [6.45, 7) is 0. The van der Waals surface area contributed by atoms with Crippen molar-refractivity contribution < 1.29 is 9.84 Å². The van der Waals surface area contributed by atoms with Gasteiger partial charge in [0.1, 0.15) is 10.8 Å². The van der Waals surface area contributed by atoms with Crippen molar-refractivity contribution >= 4 is 40.0 Å². The standard InChI is InChI=1S/C17H16N4O2S/c1-21-12-4-3-7-19-16(12)20-17(21)11(15(18)24)8-10-5-6-13(22)14(9-10)23-2/h3-9,22H,1-2H3,(H2,18,24)/b11-8+. The van der Waals surface area contributed by atoms with Crippen LogP contribution >= 0.6 is 12.2 Å². The Hall–Kier alpha value is -2.93. The van der Waals surface area contributed by atoms with E-state index in [2.05, 4.69) is 9.97 Å². The minimum Gasteiger partial charge on any atom is -0.504 e. The average Bonchev–Trinajstić information content (AvgIpc) is 2.91. The van der Waals surface area contributed by atoms with Crippen LogP contribution in [0.1, 0.15) is 11.4 Å². The molecular formula is C17H16N4O2S. The van der Waals surface area contributed by atoms with Crippen LogP contribution in [-0.2, 0) is 7.05 Å². The van der Waals surface area contributed by atoms with Crippen molar-refractivity contribution in [2.24, 2.45) is 12.8 Å². The molecular weight excluding hydrogens is 324 g/mol. The lowest BCUT2D eigenvalue weighted by Crippen LogP contribution is -2.13. The molecule has 122 valence electrons. The van der Waals surface area contributed by atoms with Gasteiger partial charge in [-0.05, 0) is 35.9 Å². The SMILES string of the molecule is COc1cc(/C=C(\C(N)=S)c2nc3ncccc3n2C)ccc1O. The first-order valence-corrected chi connectivity index (χ1v) is 7.58. The number of fused-ring (bicyclic) bond motifs is 1. The number of aromatic nitrogens is 3. The highest BCUT2D eigenvalue weighted by atomic mass is 32.1. The Morgan fingerprint density at radius 2 is 2.17 bits per heavy atom. The van der Waals surface area contributed by atoms with E-state index in [0.29, 0.717) is 22.8 Å². The summed E-state index contributed by atoms with van der Waals surface area (Å²) in [7, 11) is 3.38. The molecule has 6 nitrogen and oxygen atoms in total. The summed E-state index contributed by atoms with van der Waals surface area (Å²) in [4.78, 5) is 9.00. The second-order valence-corrected chi connectivity index (χ2v) is 5.63. The lowest BCUT2D eigenvalue weighted by atomic mass is 10.1. The largest absolute Gasteiger partial charge is 0.504 e. The van der Waals surface area contributed by atoms with Crippen LogP contribution in [0.3, 0.4) is 0 Å². The number of phenolic OH excluding ortho intramolecular Hbond substituents is 1. The van der Waals surface area contributed by atoms with Crippen LogP contribution in [0.4, 0.5) is 0 Å². The number of benzene rings is 1. The number of aryl methyl sites for hydroxylation is 1. The molecule has 24 heavy (non-hydrogen) atoms. The van der Waals surface area contributed by atoms with Crippen molar-refractivity contribution in [2.75, 3.05) is 7.11 Å². The highest BCUT2D eigenvalue weighted by molar-refractivity contribution is 7.81. The van der Waals surface area contributed by atoms with Gasteiger partial charge in [-0.2, -0.15) is 0 Å². The number of imidazole rings is 1. The zero-order valence-electron chi connectivity index (χ0n) is 13.2. The number of hydrogen-bond acceptors (Lipinski definition) is 5. The number of methoxy groups -OCH3 is 1. The average molecular weight is 340 g/mol. The van der Waals surface area contributed by atoms with E-state index >= 15 is 0 Å². The van der Waals surface area contributed by atoms with Gasteiger partial charge in [0.25, 0.3) is 0 Å². The Balaban J connectivity index is 2.16. The molecule has 0 saturated heterocycles. The van der Waals surface area contributed by atoms with E-state index in [1.165, 1.54) is 7.11 Å². The second kappa shape index (κ2) is 6.29. The van der Waals surface area contributed by atoms with E-state index < -0.39 is 0 Å². The number of aromatic hydroxyl groups is 1. The Labute approximate surface area is 144 Å². The summed E-state index contributed by atoms with van der Waals surface area (Å²) >= 11 is 5.20. The molecule has 3 rings (SSSR count). The second-order valence-electron chi connectivity index (χ2n) is 5.19. The minimum absolute atomic E-state index is 0.0680. The number of nitrogens with two attached hydrogens (primary N) is 1. The Kier molecular flexibility index (Phi) is 4.18. The molecule has 0 bridgehead atoms. The van der Waals surface area contributed by atoms with Crippen LogP contribution in [0.5, 0.6) is 11.5 Å². The lowest BCUT2D eigenvalue weighted by molar-refractivity contribution is 0.373. The Morgan fingerprint density at radius 3 is 2.83 bits per heavy atom. The van der Waals surface area contributed by atoms with Crippen LogP contribution in [-0.4, -0.2) is 31.7 Å². The van der Waals surface area contributed by atoms with E-state index in [4.69, 9.17) is 22.7 Å².